The van der Waals surface area contributed by atoms with Crippen molar-refractivity contribution in [3.8, 4) is 0 Å². The molecule has 0 bridgehead atoms. The van der Waals surface area contributed by atoms with Gasteiger partial charge in [0, 0.05) is 0 Å². The molecule has 0 aliphatic heterocycles. The largest absolute Gasteiger partial charge is 0.398 e. The lowest BCUT2D eigenvalue weighted by atomic mass is 10.5. The lowest BCUT2D eigenvalue weighted by Gasteiger charge is -1.89. The van der Waals surface area contributed by atoms with Gasteiger partial charge in [-0.3, -0.25) is 0 Å². The molecule has 0 aromatic heterocycles. The number of rotatable bonds is 2. The molecule has 0 aromatic rings. The van der Waals surface area contributed by atoms with Crippen LogP contribution < -0.4 is 5.73 Å². The van der Waals surface area contributed by atoms with Gasteiger partial charge in [0.15, 0.2) is 0 Å². The van der Waals surface area contributed by atoms with E-state index in [2.05, 4.69) is 4.99 Å². The molecule has 0 saturated carbocycles. The van der Waals surface area contributed by atoms with Crippen molar-refractivity contribution in [1.82, 2.24) is 0 Å². The lowest BCUT2D eigenvalue weighted by Crippen LogP contribution is -2.00. The predicted molar refractivity (Wildman–Crippen MR) is 38.0 cm³/mol. The van der Waals surface area contributed by atoms with Crippen LogP contribution in [0.5, 0.6) is 0 Å². The molecule has 0 atom stereocenters. The van der Waals surface area contributed by atoms with Gasteiger partial charge < -0.3 is 15.8 Å². The van der Waals surface area contributed by atoms with Crippen LogP contribution in [-0.2, 0) is 0 Å². The molecule has 0 aliphatic rings. The van der Waals surface area contributed by atoms with Crippen LogP contribution in [0.4, 0.5) is 0 Å². The lowest BCUT2D eigenvalue weighted by molar-refractivity contribution is -0.426. The second kappa shape index (κ2) is 3.60. The van der Waals surface area contributed by atoms with Crippen molar-refractivity contribution < 1.29 is 4.92 Å². The van der Waals surface area contributed by atoms with Gasteiger partial charge in [0.1, 0.15) is 5.71 Å². The van der Waals surface area contributed by atoms with E-state index in [0.29, 0.717) is 5.71 Å². The van der Waals surface area contributed by atoms with Crippen LogP contribution in [0.1, 0.15) is 13.8 Å². The monoisotopic (exact) mass is 143 g/mol. The maximum absolute atomic E-state index is 10.0. The summed E-state index contributed by atoms with van der Waals surface area (Å²) in [5.41, 5.74) is 5.52. The number of hydrogen-bond donors (Lipinski definition) is 1. The van der Waals surface area contributed by atoms with Crippen LogP contribution in [0.25, 0.3) is 0 Å². The Hall–Kier alpha value is -1.39. The van der Waals surface area contributed by atoms with Crippen LogP contribution in [0, 0.1) is 10.1 Å². The first-order valence-electron chi connectivity index (χ1n) is 2.66. The number of nitrogens with two attached hydrogens (primary N) is 1. The van der Waals surface area contributed by atoms with Gasteiger partial charge in [-0.2, -0.15) is 0 Å². The van der Waals surface area contributed by atoms with E-state index in [1.165, 1.54) is 0 Å². The van der Waals surface area contributed by atoms with Crippen molar-refractivity contribution in [2.24, 2.45) is 10.7 Å². The van der Waals surface area contributed by atoms with E-state index < -0.39 is 4.92 Å². The summed E-state index contributed by atoms with van der Waals surface area (Å²) in [6.45, 7) is 3.32. The standard InChI is InChI=1S/C5H9N3O2/c1-4(2)7-5(3-6)8(9)10/h3H,6H2,1-2H3/b5-3+. The third-order valence-corrected chi connectivity index (χ3v) is 0.674. The summed E-state index contributed by atoms with van der Waals surface area (Å²) in [6, 6.07) is 0. The van der Waals surface area contributed by atoms with Gasteiger partial charge in [0.25, 0.3) is 0 Å². The Morgan fingerprint density at radius 1 is 1.70 bits per heavy atom. The fourth-order valence-electron chi connectivity index (χ4n) is 0.368. The molecular weight excluding hydrogens is 134 g/mol. The number of nitrogens with zero attached hydrogens (tertiary/aromatic N) is 2. The molecule has 5 nitrogen and oxygen atoms in total. The van der Waals surface area contributed by atoms with Gasteiger partial charge in [-0.25, -0.2) is 0 Å². The normalized spacial score (nSPS) is 10.8. The van der Waals surface area contributed by atoms with Crippen molar-refractivity contribution in [3.63, 3.8) is 0 Å². The summed E-state index contributed by atoms with van der Waals surface area (Å²) < 4.78 is 0. The summed E-state index contributed by atoms with van der Waals surface area (Å²) in [7, 11) is 0. The van der Waals surface area contributed by atoms with Crippen LogP contribution in [0.2, 0.25) is 0 Å². The number of nitro groups is 1. The molecule has 5 heteroatoms. The Bertz CT molecular complexity index is 191. The highest BCUT2D eigenvalue weighted by molar-refractivity contribution is 5.79. The fraction of sp³-hybridized carbons (Fsp3) is 0.400. The van der Waals surface area contributed by atoms with Gasteiger partial charge in [-0.05, 0) is 23.8 Å². The van der Waals surface area contributed by atoms with Gasteiger partial charge in [0.2, 0.25) is 0 Å². The Labute approximate surface area is 58.4 Å². The van der Waals surface area contributed by atoms with E-state index >= 15 is 0 Å². The van der Waals surface area contributed by atoms with Crippen molar-refractivity contribution in [1.29, 1.82) is 0 Å². The molecule has 0 rings (SSSR count). The molecular formula is C5H9N3O2. The average Bonchev–Trinajstić information content (AvgIpc) is 1.81. The van der Waals surface area contributed by atoms with E-state index in [-0.39, 0.29) is 5.82 Å². The summed E-state index contributed by atoms with van der Waals surface area (Å²) >= 11 is 0. The van der Waals surface area contributed by atoms with Crippen molar-refractivity contribution >= 4 is 5.71 Å². The molecule has 0 spiro atoms. The SMILES string of the molecule is CC(C)=N/C(=C\N)[N+](=O)[O-]. The quantitative estimate of drug-likeness (QED) is 0.347. The molecule has 0 heterocycles. The first-order chi connectivity index (χ1) is 4.57. The molecule has 2 N–H and O–H groups in total. The molecule has 56 valence electrons. The number of hydrogen-bond acceptors (Lipinski definition) is 4. The second-order valence-electron chi connectivity index (χ2n) is 1.84. The third-order valence-electron chi connectivity index (χ3n) is 0.674. The molecule has 0 amide bonds. The van der Waals surface area contributed by atoms with Crippen molar-refractivity contribution in [2.75, 3.05) is 0 Å². The Morgan fingerprint density at radius 3 is 2.30 bits per heavy atom. The zero-order valence-corrected chi connectivity index (χ0v) is 5.87. The molecule has 0 aromatic carbocycles. The van der Waals surface area contributed by atoms with E-state index in [0.717, 1.165) is 6.20 Å². The van der Waals surface area contributed by atoms with Crippen LogP contribution in [-0.4, -0.2) is 10.6 Å². The van der Waals surface area contributed by atoms with E-state index in [1.807, 2.05) is 0 Å². The first kappa shape index (κ1) is 8.61. The molecule has 0 saturated heterocycles. The van der Waals surface area contributed by atoms with Gasteiger partial charge >= 0.3 is 5.82 Å². The summed E-state index contributed by atoms with van der Waals surface area (Å²) in [4.78, 5) is 12.9. The number of aliphatic imine (C=N–C) groups is 1. The minimum atomic E-state index is -0.632. The minimum absolute atomic E-state index is 0.319. The van der Waals surface area contributed by atoms with Crippen LogP contribution in [0.3, 0.4) is 0 Å². The van der Waals surface area contributed by atoms with Crippen LogP contribution >= 0.6 is 0 Å². The highest BCUT2D eigenvalue weighted by Crippen LogP contribution is 1.94. The Balaban J connectivity index is 4.42. The molecule has 0 radical (unpaired) electrons. The van der Waals surface area contributed by atoms with Crippen molar-refractivity contribution in [3.05, 3.63) is 22.1 Å². The van der Waals surface area contributed by atoms with Gasteiger partial charge in [-0.15, -0.1) is 0 Å². The third kappa shape index (κ3) is 2.81. The Kier molecular flexibility index (Phi) is 3.10. The average molecular weight is 143 g/mol. The zero-order chi connectivity index (χ0) is 8.15. The van der Waals surface area contributed by atoms with Crippen LogP contribution in [0.15, 0.2) is 17.0 Å². The molecule has 0 aliphatic carbocycles. The predicted octanol–water partition coefficient (Wildman–Crippen LogP) is 0.502. The molecule has 0 unspecified atom stereocenters. The maximum atomic E-state index is 10.0. The zero-order valence-electron chi connectivity index (χ0n) is 5.87. The first-order valence-corrected chi connectivity index (χ1v) is 2.66. The second-order valence-corrected chi connectivity index (χ2v) is 1.84. The maximum Gasteiger partial charge on any atom is 0.378 e. The van der Waals surface area contributed by atoms with Crippen molar-refractivity contribution in [2.45, 2.75) is 13.8 Å². The summed E-state index contributed by atoms with van der Waals surface area (Å²) in [5.74, 6) is -0.319. The van der Waals surface area contributed by atoms with E-state index in [1.54, 1.807) is 13.8 Å². The highest BCUT2D eigenvalue weighted by atomic mass is 16.6. The summed E-state index contributed by atoms with van der Waals surface area (Å²) in [5, 5.41) is 10.0. The van der Waals surface area contributed by atoms with Gasteiger partial charge in [-0.1, -0.05) is 0 Å². The topological polar surface area (TPSA) is 81.5 Å². The summed E-state index contributed by atoms with van der Waals surface area (Å²) in [6.07, 6.45) is 0.868. The Morgan fingerprint density at radius 2 is 2.20 bits per heavy atom. The van der Waals surface area contributed by atoms with E-state index in [9.17, 15) is 10.1 Å². The molecule has 10 heavy (non-hydrogen) atoms. The van der Waals surface area contributed by atoms with Gasteiger partial charge in [0.05, 0.1) is 6.20 Å². The molecule has 0 fully saturated rings. The fourth-order valence-corrected chi connectivity index (χ4v) is 0.368. The minimum Gasteiger partial charge on any atom is -0.398 e. The van der Waals surface area contributed by atoms with E-state index in [4.69, 9.17) is 5.73 Å². The smallest absolute Gasteiger partial charge is 0.378 e. The highest BCUT2D eigenvalue weighted by Gasteiger charge is 2.05.